The number of amides is 1. The summed E-state index contributed by atoms with van der Waals surface area (Å²) in [4.78, 5) is 16.9. The Bertz CT molecular complexity index is 1080. The lowest BCUT2D eigenvalue weighted by Crippen LogP contribution is -2.45. The van der Waals surface area contributed by atoms with Crippen LogP contribution in [0, 0.1) is 24.4 Å². The largest absolute Gasteiger partial charge is 0.465 e. The molecular formula is C20H18F3N3O3. The van der Waals surface area contributed by atoms with E-state index >= 15 is 0 Å². The Hall–Kier alpha value is -3.07. The maximum absolute atomic E-state index is 14.5. The summed E-state index contributed by atoms with van der Waals surface area (Å²) in [5.41, 5.74) is 1.47. The second-order valence-electron chi connectivity index (χ2n) is 7.01. The van der Waals surface area contributed by atoms with Crippen LogP contribution < -0.4 is 0 Å². The molecule has 1 unspecified atom stereocenters. The number of hydrogen-bond acceptors (Lipinski definition) is 3. The van der Waals surface area contributed by atoms with Crippen molar-refractivity contribution in [2.24, 2.45) is 0 Å². The normalized spacial score (nSPS) is 17.1. The molecule has 2 aromatic heterocycles. The third-order valence-corrected chi connectivity index (χ3v) is 4.95. The highest BCUT2D eigenvalue weighted by Crippen LogP contribution is 2.31. The summed E-state index contributed by atoms with van der Waals surface area (Å²) in [6.07, 6.45) is 0.349. The Morgan fingerprint density at radius 1 is 1.28 bits per heavy atom. The number of hydrogen-bond donors (Lipinski definition) is 1. The molecule has 1 amide bonds. The molecule has 152 valence electrons. The molecule has 1 fully saturated rings. The van der Waals surface area contributed by atoms with Crippen LogP contribution in [0.4, 0.5) is 18.0 Å². The highest BCUT2D eigenvalue weighted by Gasteiger charge is 2.28. The van der Waals surface area contributed by atoms with Crippen molar-refractivity contribution in [2.45, 2.75) is 19.4 Å². The quantitative estimate of drug-likeness (QED) is 0.723. The highest BCUT2D eigenvalue weighted by molar-refractivity contribution is 5.68. The average molecular weight is 405 g/mol. The zero-order chi connectivity index (χ0) is 20.7. The molecule has 0 saturated carbocycles. The minimum atomic E-state index is -1.05. The molecule has 1 atom stereocenters. The predicted octanol–water partition coefficient (Wildman–Crippen LogP) is 3.65. The lowest BCUT2D eigenvalue weighted by molar-refractivity contribution is -0.0214. The van der Waals surface area contributed by atoms with Crippen molar-refractivity contribution < 1.29 is 27.8 Å². The van der Waals surface area contributed by atoms with Crippen LogP contribution in [0.3, 0.4) is 0 Å². The molecule has 0 spiro atoms. The summed E-state index contributed by atoms with van der Waals surface area (Å²) >= 11 is 0. The van der Waals surface area contributed by atoms with E-state index < -0.39 is 35.2 Å². The number of rotatable bonds is 3. The van der Waals surface area contributed by atoms with Crippen LogP contribution in [-0.4, -0.2) is 51.3 Å². The molecule has 6 nitrogen and oxygen atoms in total. The van der Waals surface area contributed by atoms with Gasteiger partial charge in [-0.05, 0) is 24.6 Å². The smallest absolute Gasteiger partial charge is 0.407 e. The number of carboxylic acid groups (broad SMARTS) is 1. The topological polar surface area (TPSA) is 67.1 Å². The predicted molar refractivity (Wildman–Crippen MR) is 98.3 cm³/mol. The third kappa shape index (κ3) is 3.65. The molecule has 3 heterocycles. The van der Waals surface area contributed by atoms with Gasteiger partial charge in [0, 0.05) is 31.3 Å². The Morgan fingerprint density at radius 3 is 2.69 bits per heavy atom. The van der Waals surface area contributed by atoms with E-state index in [1.165, 1.54) is 4.90 Å². The van der Waals surface area contributed by atoms with Gasteiger partial charge in [0.05, 0.1) is 36.2 Å². The van der Waals surface area contributed by atoms with Crippen molar-refractivity contribution in [1.82, 2.24) is 14.3 Å². The number of halogens is 3. The van der Waals surface area contributed by atoms with Gasteiger partial charge in [-0.25, -0.2) is 22.9 Å². The van der Waals surface area contributed by atoms with Crippen molar-refractivity contribution >= 4 is 11.7 Å². The molecule has 1 aliphatic heterocycles. The van der Waals surface area contributed by atoms with Crippen LogP contribution in [0.25, 0.3) is 16.9 Å². The van der Waals surface area contributed by atoms with Gasteiger partial charge >= 0.3 is 6.09 Å². The summed E-state index contributed by atoms with van der Waals surface area (Å²) in [5.74, 6) is -3.13. The molecule has 0 bridgehead atoms. The molecule has 1 aliphatic rings. The summed E-state index contributed by atoms with van der Waals surface area (Å²) in [6, 6.07) is 4.81. The van der Waals surface area contributed by atoms with E-state index in [0.717, 1.165) is 5.56 Å². The number of benzene rings is 1. The van der Waals surface area contributed by atoms with Crippen LogP contribution in [0.15, 0.2) is 30.5 Å². The van der Waals surface area contributed by atoms with Gasteiger partial charge in [0.25, 0.3) is 0 Å². The number of nitrogens with zero attached hydrogens (tertiary/aromatic N) is 3. The minimum absolute atomic E-state index is 0.0432. The Kier molecular flexibility index (Phi) is 4.91. The molecule has 4 rings (SSSR count). The molecular weight excluding hydrogens is 387 g/mol. The summed E-state index contributed by atoms with van der Waals surface area (Å²) in [7, 11) is 0. The minimum Gasteiger partial charge on any atom is -0.465 e. The number of carbonyl (C=O) groups is 1. The van der Waals surface area contributed by atoms with Gasteiger partial charge in [0.1, 0.15) is 23.1 Å². The van der Waals surface area contributed by atoms with Gasteiger partial charge in [-0.3, -0.25) is 0 Å². The number of pyridine rings is 1. The molecule has 1 aromatic carbocycles. The van der Waals surface area contributed by atoms with Crippen LogP contribution in [0.1, 0.15) is 11.3 Å². The molecule has 29 heavy (non-hydrogen) atoms. The Morgan fingerprint density at radius 2 is 2.00 bits per heavy atom. The van der Waals surface area contributed by atoms with E-state index in [4.69, 9.17) is 4.74 Å². The molecule has 0 radical (unpaired) electrons. The van der Waals surface area contributed by atoms with E-state index in [2.05, 4.69) is 4.98 Å². The standard InChI is InChI=1S/C20H18F3N3O3/c1-11-2-3-26-16(9-13-10-25(20(27)28)4-5-29-13)19(24-17(26)6-11)18-14(22)7-12(21)8-15(18)23/h2-3,6-8,13H,4-5,9-10H2,1H3,(H,27,28). The first-order chi connectivity index (χ1) is 13.8. The van der Waals surface area contributed by atoms with Crippen molar-refractivity contribution in [3.05, 3.63) is 59.2 Å². The SMILES string of the molecule is Cc1ccn2c(CC3CN(C(=O)O)CCO3)c(-c3c(F)cc(F)cc3F)nc2c1. The second-order valence-corrected chi connectivity index (χ2v) is 7.01. The number of aryl methyl sites for hydroxylation is 1. The Labute approximate surface area is 164 Å². The summed E-state index contributed by atoms with van der Waals surface area (Å²) in [6.45, 7) is 2.47. The molecule has 1 N–H and O–H groups in total. The van der Waals surface area contributed by atoms with Crippen molar-refractivity contribution in [1.29, 1.82) is 0 Å². The van der Waals surface area contributed by atoms with E-state index in [0.29, 0.717) is 23.5 Å². The summed E-state index contributed by atoms with van der Waals surface area (Å²) in [5, 5.41) is 9.23. The first-order valence-corrected chi connectivity index (χ1v) is 9.05. The van der Waals surface area contributed by atoms with Crippen molar-refractivity contribution in [3.8, 4) is 11.3 Å². The lowest BCUT2D eigenvalue weighted by atomic mass is 10.0. The number of morpholine rings is 1. The zero-order valence-corrected chi connectivity index (χ0v) is 15.5. The van der Waals surface area contributed by atoms with E-state index in [9.17, 15) is 23.1 Å². The fraction of sp³-hybridized carbons (Fsp3) is 0.300. The number of ether oxygens (including phenoxy) is 1. The van der Waals surface area contributed by atoms with E-state index in [-0.39, 0.29) is 31.8 Å². The maximum Gasteiger partial charge on any atom is 0.407 e. The number of fused-ring (bicyclic) bond motifs is 1. The number of imidazole rings is 1. The third-order valence-electron chi connectivity index (χ3n) is 4.95. The van der Waals surface area contributed by atoms with Crippen molar-refractivity contribution in [3.63, 3.8) is 0 Å². The lowest BCUT2D eigenvalue weighted by Gasteiger charge is -2.31. The van der Waals surface area contributed by atoms with Gasteiger partial charge in [-0.2, -0.15) is 0 Å². The molecule has 3 aromatic rings. The fourth-order valence-corrected chi connectivity index (χ4v) is 3.59. The number of aromatic nitrogens is 2. The van der Waals surface area contributed by atoms with Crippen LogP contribution in [0.5, 0.6) is 0 Å². The van der Waals surface area contributed by atoms with E-state index in [1.54, 1.807) is 16.7 Å². The first kappa shape index (κ1) is 19.3. The monoisotopic (exact) mass is 405 g/mol. The highest BCUT2D eigenvalue weighted by atomic mass is 19.1. The zero-order valence-electron chi connectivity index (χ0n) is 15.5. The molecule has 1 saturated heterocycles. The Balaban J connectivity index is 1.82. The van der Waals surface area contributed by atoms with Gasteiger partial charge in [0.2, 0.25) is 0 Å². The maximum atomic E-state index is 14.5. The van der Waals surface area contributed by atoms with Gasteiger partial charge in [-0.15, -0.1) is 0 Å². The average Bonchev–Trinajstić information content (AvgIpc) is 2.98. The van der Waals surface area contributed by atoms with Crippen LogP contribution >= 0.6 is 0 Å². The summed E-state index contributed by atoms with van der Waals surface area (Å²) < 4.78 is 49.7. The van der Waals surface area contributed by atoms with Crippen LogP contribution in [0.2, 0.25) is 0 Å². The first-order valence-electron chi connectivity index (χ1n) is 9.05. The fourth-order valence-electron chi connectivity index (χ4n) is 3.59. The van der Waals surface area contributed by atoms with E-state index in [1.807, 2.05) is 13.0 Å². The molecule has 0 aliphatic carbocycles. The van der Waals surface area contributed by atoms with Gasteiger partial charge < -0.3 is 19.1 Å². The van der Waals surface area contributed by atoms with Crippen LogP contribution in [-0.2, 0) is 11.2 Å². The van der Waals surface area contributed by atoms with Gasteiger partial charge in [0.15, 0.2) is 0 Å². The second kappa shape index (κ2) is 7.40. The molecule has 9 heteroatoms. The van der Waals surface area contributed by atoms with Crippen molar-refractivity contribution in [2.75, 3.05) is 19.7 Å². The van der Waals surface area contributed by atoms with Gasteiger partial charge in [-0.1, -0.05) is 0 Å².